The summed E-state index contributed by atoms with van der Waals surface area (Å²) < 4.78 is 7.77. The van der Waals surface area contributed by atoms with Gasteiger partial charge in [-0.05, 0) is 24.8 Å². The van der Waals surface area contributed by atoms with E-state index >= 15 is 0 Å². The predicted molar refractivity (Wildman–Crippen MR) is 83.7 cm³/mol. The normalized spacial score (nSPS) is 21.0. The summed E-state index contributed by atoms with van der Waals surface area (Å²) in [5.74, 6) is -0.00675. The molecule has 1 aromatic carbocycles. The third kappa shape index (κ3) is 2.74. The Kier molecular flexibility index (Phi) is 3.83. The molecule has 0 aliphatic carbocycles. The van der Waals surface area contributed by atoms with Gasteiger partial charge >= 0.3 is 0 Å². The van der Waals surface area contributed by atoms with Crippen LogP contribution in [0.4, 0.5) is 0 Å². The van der Waals surface area contributed by atoms with Crippen molar-refractivity contribution in [2.75, 3.05) is 13.1 Å². The molecule has 0 N–H and O–H groups in total. The first kappa shape index (κ1) is 14.4. The lowest BCUT2D eigenvalue weighted by Crippen LogP contribution is -2.36. The molecule has 1 unspecified atom stereocenters. The molecule has 4 rings (SSSR count). The van der Waals surface area contributed by atoms with Crippen LogP contribution < -0.4 is 0 Å². The quantitative estimate of drug-likeness (QED) is 0.853. The van der Waals surface area contributed by atoms with Crippen molar-refractivity contribution in [3.8, 4) is 0 Å². The Morgan fingerprint density at radius 3 is 2.70 bits per heavy atom. The maximum atomic E-state index is 12.6. The highest BCUT2D eigenvalue weighted by atomic mass is 16.5. The first-order valence-corrected chi connectivity index (χ1v) is 8.21. The average Bonchev–Trinajstić information content (AvgIpc) is 3.05. The van der Waals surface area contributed by atoms with Gasteiger partial charge < -0.3 is 9.64 Å². The second-order valence-corrected chi connectivity index (χ2v) is 6.13. The summed E-state index contributed by atoms with van der Waals surface area (Å²) >= 11 is 0. The van der Waals surface area contributed by atoms with Crippen molar-refractivity contribution in [2.45, 2.75) is 38.5 Å². The molecule has 1 aromatic heterocycles. The SMILES string of the molecule is O=C(c1nnn2c1COC(c1ccccc1)C2)N1CCCCC1. The van der Waals surface area contributed by atoms with Crippen LogP contribution in [-0.2, 0) is 17.9 Å². The highest BCUT2D eigenvalue weighted by molar-refractivity contribution is 5.93. The number of rotatable bonds is 2. The highest BCUT2D eigenvalue weighted by Crippen LogP contribution is 2.27. The fraction of sp³-hybridized carbons (Fsp3) is 0.471. The number of benzene rings is 1. The molecule has 2 aromatic rings. The Balaban J connectivity index is 1.54. The molecule has 2 aliphatic heterocycles. The Bertz CT molecular complexity index is 692. The van der Waals surface area contributed by atoms with Crippen molar-refractivity contribution in [1.29, 1.82) is 0 Å². The smallest absolute Gasteiger partial charge is 0.276 e. The van der Waals surface area contributed by atoms with Crippen molar-refractivity contribution in [1.82, 2.24) is 19.9 Å². The zero-order chi connectivity index (χ0) is 15.6. The van der Waals surface area contributed by atoms with Gasteiger partial charge in [0.25, 0.3) is 5.91 Å². The second-order valence-electron chi connectivity index (χ2n) is 6.13. The lowest BCUT2D eigenvalue weighted by atomic mass is 10.1. The van der Waals surface area contributed by atoms with Crippen molar-refractivity contribution < 1.29 is 9.53 Å². The van der Waals surface area contributed by atoms with Crippen LogP contribution in [0.5, 0.6) is 0 Å². The Morgan fingerprint density at radius 2 is 1.91 bits per heavy atom. The number of carbonyl (C=O) groups is 1. The third-order valence-corrected chi connectivity index (χ3v) is 4.61. The minimum atomic E-state index is -0.0386. The van der Waals surface area contributed by atoms with E-state index in [-0.39, 0.29) is 12.0 Å². The van der Waals surface area contributed by atoms with Crippen molar-refractivity contribution in [3.05, 3.63) is 47.3 Å². The van der Waals surface area contributed by atoms with E-state index in [2.05, 4.69) is 10.3 Å². The molecule has 2 aliphatic rings. The fourth-order valence-corrected chi connectivity index (χ4v) is 3.29. The van der Waals surface area contributed by atoms with Gasteiger partial charge in [0.05, 0.1) is 18.8 Å². The van der Waals surface area contributed by atoms with Gasteiger partial charge in [0.2, 0.25) is 0 Å². The minimum absolute atomic E-state index is 0.00675. The molecule has 0 radical (unpaired) electrons. The van der Waals surface area contributed by atoms with Gasteiger partial charge in [-0.2, -0.15) is 0 Å². The van der Waals surface area contributed by atoms with Crippen molar-refractivity contribution in [2.24, 2.45) is 0 Å². The number of hydrogen-bond acceptors (Lipinski definition) is 4. The Hall–Kier alpha value is -2.21. The van der Waals surface area contributed by atoms with Crippen LogP contribution in [0.15, 0.2) is 30.3 Å². The molecule has 1 saturated heterocycles. The molecular weight excluding hydrogens is 292 g/mol. The summed E-state index contributed by atoms with van der Waals surface area (Å²) in [5.41, 5.74) is 2.38. The molecule has 1 amide bonds. The first-order valence-electron chi connectivity index (χ1n) is 8.21. The standard InChI is InChI=1S/C17H20N4O2/c22-17(20-9-5-2-6-10-20)16-14-12-23-15(11-21(14)19-18-16)13-7-3-1-4-8-13/h1,3-4,7-8,15H,2,5-6,9-12H2. The van der Waals surface area contributed by atoms with E-state index in [1.165, 1.54) is 6.42 Å². The number of fused-ring (bicyclic) bond motifs is 1. The molecule has 0 saturated carbocycles. The zero-order valence-electron chi connectivity index (χ0n) is 13.0. The molecule has 0 bridgehead atoms. The Labute approximate surface area is 135 Å². The third-order valence-electron chi connectivity index (χ3n) is 4.61. The molecule has 23 heavy (non-hydrogen) atoms. The van der Waals surface area contributed by atoms with Gasteiger partial charge in [0.1, 0.15) is 6.10 Å². The number of hydrogen-bond donors (Lipinski definition) is 0. The lowest BCUT2D eigenvalue weighted by Gasteiger charge is -2.27. The molecule has 0 spiro atoms. The van der Waals surface area contributed by atoms with Gasteiger partial charge in [0, 0.05) is 13.1 Å². The fourth-order valence-electron chi connectivity index (χ4n) is 3.29. The van der Waals surface area contributed by atoms with Crippen LogP contribution in [0.1, 0.15) is 47.1 Å². The topological polar surface area (TPSA) is 60.3 Å². The molecule has 1 fully saturated rings. The molecule has 120 valence electrons. The monoisotopic (exact) mass is 312 g/mol. The van der Waals surface area contributed by atoms with E-state index in [1.807, 2.05) is 39.9 Å². The summed E-state index contributed by atoms with van der Waals surface area (Å²) in [4.78, 5) is 14.5. The van der Waals surface area contributed by atoms with E-state index in [0.29, 0.717) is 18.8 Å². The number of aromatic nitrogens is 3. The summed E-state index contributed by atoms with van der Waals surface area (Å²) in [5, 5.41) is 8.33. The summed E-state index contributed by atoms with van der Waals surface area (Å²) in [7, 11) is 0. The van der Waals surface area contributed by atoms with Crippen molar-refractivity contribution >= 4 is 5.91 Å². The predicted octanol–water partition coefficient (Wildman–Crippen LogP) is 2.18. The lowest BCUT2D eigenvalue weighted by molar-refractivity contribution is -0.00198. The maximum absolute atomic E-state index is 12.6. The Morgan fingerprint density at radius 1 is 1.13 bits per heavy atom. The number of amides is 1. The average molecular weight is 312 g/mol. The van der Waals surface area contributed by atoms with Crippen molar-refractivity contribution in [3.63, 3.8) is 0 Å². The summed E-state index contributed by atoms with van der Waals surface area (Å²) in [6.45, 7) is 2.61. The van der Waals surface area contributed by atoms with Crippen LogP contribution in [0.3, 0.4) is 0 Å². The van der Waals surface area contributed by atoms with Crippen LogP contribution in [0.25, 0.3) is 0 Å². The van der Waals surface area contributed by atoms with E-state index in [1.54, 1.807) is 0 Å². The van der Waals surface area contributed by atoms with Crippen LogP contribution in [-0.4, -0.2) is 38.9 Å². The number of carbonyl (C=O) groups excluding carboxylic acids is 1. The van der Waals surface area contributed by atoms with Gasteiger partial charge in [-0.15, -0.1) is 5.10 Å². The number of piperidine rings is 1. The number of nitrogens with zero attached hydrogens (tertiary/aromatic N) is 4. The largest absolute Gasteiger partial charge is 0.365 e. The highest BCUT2D eigenvalue weighted by Gasteiger charge is 2.30. The van der Waals surface area contributed by atoms with Gasteiger partial charge in [-0.3, -0.25) is 4.79 Å². The van der Waals surface area contributed by atoms with Crippen LogP contribution in [0, 0.1) is 0 Å². The second kappa shape index (κ2) is 6.12. The molecule has 6 nitrogen and oxygen atoms in total. The zero-order valence-corrected chi connectivity index (χ0v) is 13.0. The van der Waals surface area contributed by atoms with Crippen LogP contribution in [0.2, 0.25) is 0 Å². The summed E-state index contributed by atoms with van der Waals surface area (Å²) in [6, 6.07) is 10.1. The molecule has 1 atom stereocenters. The molecule has 3 heterocycles. The first-order chi connectivity index (χ1) is 11.3. The van der Waals surface area contributed by atoms with E-state index in [4.69, 9.17) is 4.74 Å². The van der Waals surface area contributed by atoms with E-state index in [0.717, 1.165) is 37.2 Å². The molecule has 6 heteroatoms. The molecular formula is C17H20N4O2. The van der Waals surface area contributed by atoms with E-state index < -0.39 is 0 Å². The number of ether oxygens (including phenoxy) is 1. The van der Waals surface area contributed by atoms with Gasteiger partial charge in [-0.25, -0.2) is 4.68 Å². The maximum Gasteiger partial charge on any atom is 0.276 e. The number of likely N-dealkylation sites (tertiary alicyclic amines) is 1. The van der Waals surface area contributed by atoms with E-state index in [9.17, 15) is 4.79 Å². The van der Waals surface area contributed by atoms with Gasteiger partial charge in [0.15, 0.2) is 5.69 Å². The summed E-state index contributed by atoms with van der Waals surface area (Å²) in [6.07, 6.45) is 3.30. The minimum Gasteiger partial charge on any atom is -0.365 e. The van der Waals surface area contributed by atoms with Gasteiger partial charge in [-0.1, -0.05) is 35.5 Å². The van der Waals surface area contributed by atoms with Crippen LogP contribution >= 0.6 is 0 Å².